The molecule has 1 aromatic carbocycles. The molecule has 1 heterocycles. The van der Waals surface area contributed by atoms with E-state index in [2.05, 4.69) is 54.3 Å². The first-order chi connectivity index (χ1) is 9.88. The van der Waals surface area contributed by atoms with Gasteiger partial charge in [0, 0.05) is 15.9 Å². The van der Waals surface area contributed by atoms with Crippen LogP contribution in [0.1, 0.15) is 55.9 Å². The fraction of sp³-hybridized carbons (Fsp3) is 0.438. The number of benzene rings is 1. The van der Waals surface area contributed by atoms with Crippen molar-refractivity contribution in [2.24, 2.45) is 0 Å². The monoisotopic (exact) mass is 370 g/mol. The fourth-order valence-electron chi connectivity index (χ4n) is 2.06. The van der Waals surface area contributed by atoms with E-state index in [4.69, 9.17) is 4.98 Å². The zero-order chi connectivity index (χ0) is 15.6. The van der Waals surface area contributed by atoms with Crippen molar-refractivity contribution in [2.75, 3.05) is 0 Å². The van der Waals surface area contributed by atoms with Gasteiger partial charge in [0.25, 0.3) is 0 Å². The second-order valence-corrected chi connectivity index (χ2v) is 7.43. The normalized spacial score (nSPS) is 13.1. The Morgan fingerprint density at radius 2 is 1.95 bits per heavy atom. The standard InChI is InChI=1S/C16H20BrFN2S/c1-9(2)14-8-21-16(20-14)15(19-10(3)4)12-6-5-11(18)7-13(12)17/h5-10,15,19H,1-4H3. The predicted molar refractivity (Wildman–Crippen MR) is 90.4 cm³/mol. The number of thiazole rings is 1. The largest absolute Gasteiger partial charge is 0.302 e. The average molecular weight is 371 g/mol. The molecule has 0 aliphatic carbocycles. The fourth-order valence-corrected chi connectivity index (χ4v) is 3.70. The minimum Gasteiger partial charge on any atom is -0.302 e. The number of aromatic nitrogens is 1. The van der Waals surface area contributed by atoms with E-state index in [0.717, 1.165) is 20.7 Å². The molecule has 0 aliphatic heterocycles. The van der Waals surface area contributed by atoms with Gasteiger partial charge >= 0.3 is 0 Å². The smallest absolute Gasteiger partial charge is 0.124 e. The highest BCUT2D eigenvalue weighted by Gasteiger charge is 2.21. The first-order valence-electron chi connectivity index (χ1n) is 7.04. The van der Waals surface area contributed by atoms with Crippen molar-refractivity contribution in [3.63, 3.8) is 0 Å². The van der Waals surface area contributed by atoms with Crippen LogP contribution in [0.2, 0.25) is 0 Å². The molecule has 1 atom stereocenters. The van der Waals surface area contributed by atoms with E-state index in [1.165, 1.54) is 12.1 Å². The summed E-state index contributed by atoms with van der Waals surface area (Å²) in [5, 5.41) is 6.64. The van der Waals surface area contributed by atoms with E-state index in [1.54, 1.807) is 11.3 Å². The van der Waals surface area contributed by atoms with Crippen LogP contribution < -0.4 is 5.32 Å². The molecule has 2 nitrogen and oxygen atoms in total. The van der Waals surface area contributed by atoms with Crippen LogP contribution in [0.4, 0.5) is 4.39 Å². The van der Waals surface area contributed by atoms with Gasteiger partial charge in [0.15, 0.2) is 0 Å². The van der Waals surface area contributed by atoms with E-state index >= 15 is 0 Å². The third kappa shape index (κ3) is 4.11. The zero-order valence-corrected chi connectivity index (χ0v) is 15.1. The van der Waals surface area contributed by atoms with Gasteiger partial charge in [-0.05, 0) is 37.5 Å². The highest BCUT2D eigenvalue weighted by atomic mass is 79.9. The second kappa shape index (κ2) is 6.99. The van der Waals surface area contributed by atoms with E-state index in [1.807, 2.05) is 6.07 Å². The van der Waals surface area contributed by atoms with Crippen molar-refractivity contribution in [3.8, 4) is 0 Å². The summed E-state index contributed by atoms with van der Waals surface area (Å²) in [5.74, 6) is 0.169. The van der Waals surface area contributed by atoms with Gasteiger partial charge in [-0.3, -0.25) is 0 Å². The summed E-state index contributed by atoms with van der Waals surface area (Å²) in [6.07, 6.45) is 0. The Bertz CT molecular complexity index is 610. The summed E-state index contributed by atoms with van der Waals surface area (Å²) in [7, 11) is 0. The topological polar surface area (TPSA) is 24.9 Å². The van der Waals surface area contributed by atoms with Crippen LogP contribution in [0.15, 0.2) is 28.1 Å². The third-order valence-corrected chi connectivity index (χ3v) is 4.77. The van der Waals surface area contributed by atoms with Crippen molar-refractivity contribution in [2.45, 2.75) is 45.7 Å². The molecule has 5 heteroatoms. The number of nitrogens with one attached hydrogen (secondary N) is 1. The van der Waals surface area contributed by atoms with E-state index in [9.17, 15) is 4.39 Å². The van der Waals surface area contributed by atoms with Crippen LogP contribution in [-0.2, 0) is 0 Å². The maximum atomic E-state index is 13.3. The van der Waals surface area contributed by atoms with Gasteiger partial charge in [-0.2, -0.15) is 0 Å². The maximum Gasteiger partial charge on any atom is 0.124 e. The molecule has 0 spiro atoms. The summed E-state index contributed by atoms with van der Waals surface area (Å²) >= 11 is 5.12. The average Bonchev–Trinajstić information content (AvgIpc) is 2.85. The van der Waals surface area contributed by atoms with Crippen molar-refractivity contribution in [1.82, 2.24) is 10.3 Å². The number of nitrogens with zero attached hydrogens (tertiary/aromatic N) is 1. The molecule has 1 unspecified atom stereocenters. The Labute approximate surface area is 137 Å². The molecule has 0 saturated heterocycles. The lowest BCUT2D eigenvalue weighted by atomic mass is 10.1. The molecule has 2 rings (SSSR count). The Hall–Kier alpha value is -0.780. The van der Waals surface area contributed by atoms with Crippen LogP contribution in [-0.4, -0.2) is 11.0 Å². The minimum atomic E-state index is -0.240. The lowest BCUT2D eigenvalue weighted by Crippen LogP contribution is -2.29. The molecule has 1 N–H and O–H groups in total. The molecule has 21 heavy (non-hydrogen) atoms. The van der Waals surface area contributed by atoms with E-state index in [0.29, 0.717) is 12.0 Å². The molecule has 114 valence electrons. The van der Waals surface area contributed by atoms with Crippen molar-refractivity contribution < 1.29 is 4.39 Å². The van der Waals surface area contributed by atoms with Crippen molar-refractivity contribution in [3.05, 3.63) is 50.1 Å². The van der Waals surface area contributed by atoms with Crippen LogP contribution in [0.5, 0.6) is 0 Å². The van der Waals surface area contributed by atoms with E-state index < -0.39 is 0 Å². The highest BCUT2D eigenvalue weighted by molar-refractivity contribution is 9.10. The van der Waals surface area contributed by atoms with Gasteiger partial charge in [-0.25, -0.2) is 9.37 Å². The van der Waals surface area contributed by atoms with Crippen LogP contribution in [0.25, 0.3) is 0 Å². The molecule has 0 saturated carbocycles. The summed E-state index contributed by atoms with van der Waals surface area (Å²) in [6, 6.07) is 5.08. The quantitative estimate of drug-likeness (QED) is 0.776. The highest BCUT2D eigenvalue weighted by Crippen LogP contribution is 2.32. The predicted octanol–water partition coefficient (Wildman–Crippen LogP) is 5.26. The molecular formula is C16H20BrFN2S. The van der Waals surface area contributed by atoms with Gasteiger partial charge in [-0.1, -0.05) is 35.8 Å². The number of rotatable bonds is 5. The molecule has 0 bridgehead atoms. The lowest BCUT2D eigenvalue weighted by molar-refractivity contribution is 0.523. The van der Waals surface area contributed by atoms with Crippen LogP contribution in [0.3, 0.4) is 0 Å². The molecule has 0 aliphatic rings. The lowest BCUT2D eigenvalue weighted by Gasteiger charge is -2.21. The summed E-state index contributed by atoms with van der Waals surface area (Å²) in [5.41, 5.74) is 2.11. The Kier molecular flexibility index (Phi) is 5.52. The van der Waals surface area contributed by atoms with E-state index in [-0.39, 0.29) is 11.9 Å². The zero-order valence-electron chi connectivity index (χ0n) is 12.7. The van der Waals surface area contributed by atoms with Crippen molar-refractivity contribution in [1.29, 1.82) is 0 Å². The van der Waals surface area contributed by atoms with Gasteiger partial charge in [0.2, 0.25) is 0 Å². The summed E-state index contributed by atoms with van der Waals surface area (Å²) in [4.78, 5) is 4.74. The Morgan fingerprint density at radius 3 is 2.48 bits per heavy atom. The molecule has 0 amide bonds. The molecule has 1 aromatic heterocycles. The Morgan fingerprint density at radius 1 is 1.24 bits per heavy atom. The van der Waals surface area contributed by atoms with Crippen molar-refractivity contribution >= 4 is 27.3 Å². The molecular weight excluding hydrogens is 351 g/mol. The summed E-state index contributed by atoms with van der Waals surface area (Å²) in [6.45, 7) is 8.47. The first-order valence-corrected chi connectivity index (χ1v) is 8.72. The number of halogens is 2. The van der Waals surface area contributed by atoms with Gasteiger partial charge in [-0.15, -0.1) is 11.3 Å². The van der Waals surface area contributed by atoms with Gasteiger partial charge < -0.3 is 5.32 Å². The van der Waals surface area contributed by atoms with Gasteiger partial charge in [0.1, 0.15) is 10.8 Å². The maximum absolute atomic E-state index is 13.3. The number of hydrogen-bond acceptors (Lipinski definition) is 3. The number of hydrogen-bond donors (Lipinski definition) is 1. The van der Waals surface area contributed by atoms with Crippen LogP contribution in [0, 0.1) is 5.82 Å². The summed E-state index contributed by atoms with van der Waals surface area (Å²) < 4.78 is 14.1. The molecule has 0 fully saturated rings. The minimum absolute atomic E-state index is 0.0301. The third-order valence-electron chi connectivity index (χ3n) is 3.15. The molecule has 2 aromatic rings. The van der Waals surface area contributed by atoms with Gasteiger partial charge in [0.05, 0.1) is 11.7 Å². The Balaban J connectivity index is 2.41. The van der Waals surface area contributed by atoms with Crippen LogP contribution >= 0.6 is 27.3 Å². The first kappa shape index (κ1) is 16.6. The SMILES string of the molecule is CC(C)NC(c1nc(C(C)C)cs1)c1ccc(F)cc1Br. The second-order valence-electron chi connectivity index (χ2n) is 5.69. The molecule has 0 radical (unpaired) electrons.